The van der Waals surface area contributed by atoms with Gasteiger partial charge in [-0.05, 0) is 25.8 Å². The minimum absolute atomic E-state index is 0.00691. The van der Waals surface area contributed by atoms with E-state index in [1.54, 1.807) is 4.90 Å². The minimum atomic E-state index is -0.295. The van der Waals surface area contributed by atoms with E-state index in [2.05, 4.69) is 10.6 Å². The van der Waals surface area contributed by atoms with Gasteiger partial charge in [0.15, 0.2) is 0 Å². The molecule has 0 aromatic heterocycles. The van der Waals surface area contributed by atoms with Crippen LogP contribution in [0.25, 0.3) is 0 Å². The number of carbonyl (C=O) groups is 2. The molecule has 2 rings (SSSR count). The van der Waals surface area contributed by atoms with Gasteiger partial charge in [-0.1, -0.05) is 6.42 Å². The van der Waals surface area contributed by atoms with Crippen LogP contribution in [0.3, 0.4) is 0 Å². The van der Waals surface area contributed by atoms with Gasteiger partial charge in [0, 0.05) is 26.1 Å². The van der Waals surface area contributed by atoms with Crippen LogP contribution in [0.15, 0.2) is 0 Å². The zero-order valence-corrected chi connectivity index (χ0v) is 10.4. The Bertz CT molecular complexity index is 300. The predicted octanol–water partition coefficient (Wildman–Crippen LogP) is -0.134. The van der Waals surface area contributed by atoms with Gasteiger partial charge in [-0.15, -0.1) is 0 Å². The van der Waals surface area contributed by atoms with Crippen molar-refractivity contribution in [1.82, 2.24) is 15.5 Å². The van der Waals surface area contributed by atoms with Gasteiger partial charge in [0.2, 0.25) is 11.8 Å². The van der Waals surface area contributed by atoms with Crippen molar-refractivity contribution in [3.05, 3.63) is 0 Å². The highest BCUT2D eigenvalue weighted by molar-refractivity contribution is 5.90. The van der Waals surface area contributed by atoms with E-state index in [9.17, 15) is 9.59 Å². The summed E-state index contributed by atoms with van der Waals surface area (Å²) in [5, 5.41) is 6.14. The van der Waals surface area contributed by atoms with Crippen molar-refractivity contribution in [1.29, 1.82) is 0 Å². The van der Waals surface area contributed by atoms with Crippen LogP contribution in [-0.2, 0) is 9.59 Å². The molecule has 2 N–H and O–H groups in total. The van der Waals surface area contributed by atoms with Crippen LogP contribution in [-0.4, -0.2) is 48.9 Å². The molecule has 2 fully saturated rings. The lowest BCUT2D eigenvalue weighted by Gasteiger charge is -2.29. The third kappa shape index (κ3) is 3.19. The Morgan fingerprint density at radius 3 is 2.82 bits per heavy atom. The number of nitrogens with one attached hydrogen (secondary N) is 2. The molecule has 0 saturated carbocycles. The first-order valence-corrected chi connectivity index (χ1v) is 6.44. The molecule has 5 heteroatoms. The first-order chi connectivity index (χ1) is 8.16. The van der Waals surface area contributed by atoms with Crippen LogP contribution >= 0.6 is 0 Å². The van der Waals surface area contributed by atoms with Crippen LogP contribution in [0.4, 0.5) is 0 Å². The number of hydrogen-bond acceptors (Lipinski definition) is 3. The zero-order chi connectivity index (χ0) is 12.3. The topological polar surface area (TPSA) is 61.4 Å². The van der Waals surface area contributed by atoms with Crippen molar-refractivity contribution in [3.8, 4) is 0 Å². The first-order valence-electron chi connectivity index (χ1n) is 6.44. The summed E-state index contributed by atoms with van der Waals surface area (Å²) in [6.07, 6.45) is 4.72. The van der Waals surface area contributed by atoms with Gasteiger partial charge >= 0.3 is 0 Å². The first kappa shape index (κ1) is 12.4. The van der Waals surface area contributed by atoms with Crippen molar-refractivity contribution >= 4 is 11.8 Å². The molecule has 2 unspecified atom stereocenters. The van der Waals surface area contributed by atoms with E-state index in [1.165, 1.54) is 12.8 Å². The average molecular weight is 239 g/mol. The predicted molar refractivity (Wildman–Crippen MR) is 64.4 cm³/mol. The van der Waals surface area contributed by atoms with Crippen molar-refractivity contribution in [2.75, 3.05) is 20.1 Å². The average Bonchev–Trinajstić information content (AvgIpc) is 2.76. The summed E-state index contributed by atoms with van der Waals surface area (Å²) in [4.78, 5) is 24.9. The summed E-state index contributed by atoms with van der Waals surface area (Å²) >= 11 is 0. The summed E-state index contributed by atoms with van der Waals surface area (Å²) in [7, 11) is 1.82. The molecule has 0 spiro atoms. The van der Waals surface area contributed by atoms with Gasteiger partial charge in [-0.3, -0.25) is 9.59 Å². The normalized spacial score (nSPS) is 28.9. The molecule has 0 aromatic rings. The Labute approximate surface area is 102 Å². The van der Waals surface area contributed by atoms with Gasteiger partial charge in [-0.25, -0.2) is 0 Å². The van der Waals surface area contributed by atoms with E-state index in [4.69, 9.17) is 0 Å². The third-order valence-electron chi connectivity index (χ3n) is 3.58. The molecule has 0 radical (unpaired) electrons. The molecule has 2 atom stereocenters. The number of nitrogens with zero attached hydrogens (tertiary/aromatic N) is 1. The van der Waals surface area contributed by atoms with Crippen molar-refractivity contribution < 1.29 is 9.59 Å². The molecule has 2 saturated heterocycles. The highest BCUT2D eigenvalue weighted by Crippen LogP contribution is 2.12. The summed E-state index contributed by atoms with van der Waals surface area (Å²) in [6, 6.07) is 0.117. The number of rotatable bonds is 3. The monoisotopic (exact) mass is 239 g/mol. The minimum Gasteiger partial charge on any atom is -0.344 e. The van der Waals surface area contributed by atoms with Gasteiger partial charge in [0.25, 0.3) is 0 Å². The van der Waals surface area contributed by atoms with Gasteiger partial charge in [0.1, 0.15) is 6.04 Å². The molecule has 5 nitrogen and oxygen atoms in total. The Balaban J connectivity index is 1.80. The smallest absolute Gasteiger partial charge is 0.244 e. The maximum atomic E-state index is 12.0. The number of hydrogen-bond donors (Lipinski definition) is 2. The quantitative estimate of drug-likeness (QED) is 0.721. The van der Waals surface area contributed by atoms with E-state index in [0.717, 1.165) is 19.5 Å². The molecule has 2 heterocycles. The highest BCUT2D eigenvalue weighted by atomic mass is 16.2. The Hall–Kier alpha value is -1.10. The summed E-state index contributed by atoms with van der Waals surface area (Å²) < 4.78 is 0. The maximum absolute atomic E-state index is 12.0. The number of piperidine rings is 1. The highest BCUT2D eigenvalue weighted by Gasteiger charge is 2.30. The fraction of sp³-hybridized carbons (Fsp3) is 0.833. The summed E-state index contributed by atoms with van der Waals surface area (Å²) in [5.41, 5.74) is 0. The van der Waals surface area contributed by atoms with E-state index in [0.29, 0.717) is 18.9 Å². The third-order valence-corrected chi connectivity index (χ3v) is 3.58. The van der Waals surface area contributed by atoms with Gasteiger partial charge < -0.3 is 15.5 Å². The molecule has 0 bridgehead atoms. The summed E-state index contributed by atoms with van der Waals surface area (Å²) in [6.45, 7) is 1.79. The van der Waals surface area contributed by atoms with Gasteiger partial charge in [0.05, 0.1) is 0 Å². The molecule has 2 aliphatic rings. The van der Waals surface area contributed by atoms with Crippen molar-refractivity contribution in [3.63, 3.8) is 0 Å². The Kier molecular flexibility index (Phi) is 3.99. The molecule has 96 valence electrons. The number of carbonyl (C=O) groups excluding carboxylic acids is 2. The van der Waals surface area contributed by atoms with Crippen LogP contribution in [0.5, 0.6) is 0 Å². The second-order valence-electron chi connectivity index (χ2n) is 5.02. The van der Waals surface area contributed by atoms with E-state index in [-0.39, 0.29) is 17.9 Å². The largest absolute Gasteiger partial charge is 0.344 e. The molecule has 0 aliphatic carbocycles. The zero-order valence-electron chi connectivity index (χ0n) is 10.4. The lowest BCUT2D eigenvalue weighted by molar-refractivity contribution is -0.133. The molecular weight excluding hydrogens is 218 g/mol. The van der Waals surface area contributed by atoms with Crippen molar-refractivity contribution in [2.24, 2.45) is 0 Å². The second kappa shape index (κ2) is 5.49. The van der Waals surface area contributed by atoms with Crippen LogP contribution in [0, 0.1) is 0 Å². The van der Waals surface area contributed by atoms with Crippen molar-refractivity contribution in [2.45, 2.75) is 44.2 Å². The van der Waals surface area contributed by atoms with Crippen LogP contribution < -0.4 is 10.6 Å². The lowest BCUT2D eigenvalue weighted by Crippen LogP contribution is -2.49. The molecule has 2 aliphatic heterocycles. The molecule has 17 heavy (non-hydrogen) atoms. The van der Waals surface area contributed by atoms with E-state index >= 15 is 0 Å². The number of amides is 2. The maximum Gasteiger partial charge on any atom is 0.244 e. The standard InChI is InChI=1S/C12H21N3O2/c1-15(8-9-4-2-3-7-13-9)12(17)10-5-6-11(16)14-10/h9-10,13H,2-8H2,1H3,(H,14,16). The number of likely N-dealkylation sites (N-methyl/N-ethyl adjacent to an activating group) is 1. The fourth-order valence-electron chi connectivity index (χ4n) is 2.57. The second-order valence-corrected chi connectivity index (χ2v) is 5.02. The molecular formula is C12H21N3O2. The van der Waals surface area contributed by atoms with E-state index in [1.807, 2.05) is 7.05 Å². The summed E-state index contributed by atoms with van der Waals surface area (Å²) in [5.74, 6) is 0.0377. The molecule has 0 aromatic carbocycles. The Morgan fingerprint density at radius 2 is 2.24 bits per heavy atom. The van der Waals surface area contributed by atoms with Crippen LogP contribution in [0.1, 0.15) is 32.1 Å². The SMILES string of the molecule is CN(CC1CCCCN1)C(=O)C1CCC(=O)N1. The fourth-order valence-corrected chi connectivity index (χ4v) is 2.57. The molecule has 2 amide bonds. The van der Waals surface area contributed by atoms with E-state index < -0.39 is 0 Å². The Morgan fingerprint density at radius 1 is 1.41 bits per heavy atom. The van der Waals surface area contributed by atoms with Gasteiger partial charge in [-0.2, -0.15) is 0 Å². The van der Waals surface area contributed by atoms with Crippen LogP contribution in [0.2, 0.25) is 0 Å². The lowest BCUT2D eigenvalue weighted by atomic mass is 10.0.